The number of halogens is 1. The van der Waals surface area contributed by atoms with Gasteiger partial charge in [-0.05, 0) is 24.6 Å². The number of nitrogens with two attached hydrogens (primary N) is 1. The van der Waals surface area contributed by atoms with Crippen LogP contribution in [0.15, 0.2) is 36.7 Å². The van der Waals surface area contributed by atoms with E-state index in [-0.39, 0.29) is 17.6 Å². The molecule has 0 radical (unpaired) electrons. The van der Waals surface area contributed by atoms with Crippen molar-refractivity contribution in [3.63, 3.8) is 0 Å². The molecule has 0 spiro atoms. The van der Waals surface area contributed by atoms with Crippen molar-refractivity contribution in [2.75, 3.05) is 5.43 Å². The van der Waals surface area contributed by atoms with E-state index in [4.69, 9.17) is 17.4 Å². The van der Waals surface area contributed by atoms with Gasteiger partial charge in [0.15, 0.2) is 5.82 Å². The Morgan fingerprint density at radius 2 is 1.95 bits per heavy atom. The Morgan fingerprint density at radius 3 is 2.50 bits per heavy atom. The standard InChI is InChI=1S/C13H14ClN5O/c1-8(9-2-4-10(14)5-3-9)18-13(20)11-6-17-12(19-15)7-16-11/h2-8H,15H2,1H3,(H,17,19)(H,18,20). The number of amides is 1. The molecule has 1 atom stereocenters. The normalized spacial score (nSPS) is 11.8. The van der Waals surface area contributed by atoms with E-state index < -0.39 is 0 Å². The zero-order chi connectivity index (χ0) is 14.5. The molecule has 0 saturated heterocycles. The van der Waals surface area contributed by atoms with Gasteiger partial charge in [0.05, 0.1) is 18.4 Å². The van der Waals surface area contributed by atoms with Gasteiger partial charge in [0, 0.05) is 5.02 Å². The third-order valence-corrected chi connectivity index (χ3v) is 3.00. The number of anilines is 1. The smallest absolute Gasteiger partial charge is 0.271 e. The predicted octanol–water partition coefficient (Wildman–Crippen LogP) is 1.91. The third kappa shape index (κ3) is 3.43. The summed E-state index contributed by atoms with van der Waals surface area (Å²) in [5.41, 5.74) is 3.53. The summed E-state index contributed by atoms with van der Waals surface area (Å²) in [7, 11) is 0. The molecule has 0 aliphatic rings. The Labute approximate surface area is 121 Å². The van der Waals surface area contributed by atoms with Crippen LogP contribution in [0.4, 0.5) is 5.82 Å². The summed E-state index contributed by atoms with van der Waals surface area (Å²) < 4.78 is 0. The van der Waals surface area contributed by atoms with E-state index in [1.807, 2.05) is 19.1 Å². The van der Waals surface area contributed by atoms with Crippen molar-refractivity contribution < 1.29 is 4.79 Å². The fraction of sp³-hybridized carbons (Fsp3) is 0.154. The van der Waals surface area contributed by atoms with Crippen LogP contribution in [0.5, 0.6) is 0 Å². The monoisotopic (exact) mass is 291 g/mol. The maximum absolute atomic E-state index is 12.0. The molecule has 2 aromatic rings. The van der Waals surface area contributed by atoms with Gasteiger partial charge in [0.1, 0.15) is 5.69 Å². The number of hydrogen-bond acceptors (Lipinski definition) is 5. The van der Waals surface area contributed by atoms with Gasteiger partial charge in [0.25, 0.3) is 5.91 Å². The lowest BCUT2D eigenvalue weighted by Crippen LogP contribution is -2.27. The van der Waals surface area contributed by atoms with Crippen LogP contribution in [0.2, 0.25) is 5.02 Å². The van der Waals surface area contributed by atoms with Crippen molar-refractivity contribution in [1.82, 2.24) is 15.3 Å². The Morgan fingerprint density at radius 1 is 1.25 bits per heavy atom. The summed E-state index contributed by atoms with van der Waals surface area (Å²) in [6.45, 7) is 1.88. The highest BCUT2D eigenvalue weighted by atomic mass is 35.5. The number of aromatic nitrogens is 2. The van der Waals surface area contributed by atoms with Crippen LogP contribution >= 0.6 is 11.6 Å². The van der Waals surface area contributed by atoms with E-state index in [9.17, 15) is 4.79 Å². The summed E-state index contributed by atoms with van der Waals surface area (Å²) in [6.07, 6.45) is 2.75. The van der Waals surface area contributed by atoms with Gasteiger partial charge in [-0.3, -0.25) is 4.79 Å². The van der Waals surface area contributed by atoms with E-state index in [0.717, 1.165) is 5.56 Å². The van der Waals surface area contributed by atoms with Crippen molar-refractivity contribution in [2.45, 2.75) is 13.0 Å². The molecular weight excluding hydrogens is 278 g/mol. The highest BCUT2D eigenvalue weighted by Crippen LogP contribution is 2.16. The molecule has 1 heterocycles. The number of hydrazine groups is 1. The van der Waals surface area contributed by atoms with Crippen molar-refractivity contribution in [1.29, 1.82) is 0 Å². The first kappa shape index (κ1) is 14.2. The first-order valence-electron chi connectivity index (χ1n) is 5.95. The van der Waals surface area contributed by atoms with Gasteiger partial charge in [-0.1, -0.05) is 23.7 Å². The van der Waals surface area contributed by atoms with Gasteiger partial charge >= 0.3 is 0 Å². The minimum atomic E-state index is -0.302. The molecule has 0 fully saturated rings. The maximum atomic E-state index is 12.0. The molecule has 1 aromatic carbocycles. The first-order valence-corrected chi connectivity index (χ1v) is 6.33. The van der Waals surface area contributed by atoms with Crippen LogP contribution in [0.1, 0.15) is 29.0 Å². The van der Waals surface area contributed by atoms with Gasteiger partial charge in [-0.2, -0.15) is 0 Å². The summed E-state index contributed by atoms with van der Waals surface area (Å²) >= 11 is 5.82. The van der Waals surface area contributed by atoms with Crippen LogP contribution in [0, 0.1) is 0 Å². The topological polar surface area (TPSA) is 92.9 Å². The van der Waals surface area contributed by atoms with Crippen LogP contribution in [0.3, 0.4) is 0 Å². The molecule has 0 aliphatic carbocycles. The number of nitrogens with zero attached hydrogens (tertiary/aromatic N) is 2. The number of benzene rings is 1. The Hall–Kier alpha value is -2.18. The second-order valence-electron chi connectivity index (χ2n) is 4.18. The molecule has 1 unspecified atom stereocenters. The van der Waals surface area contributed by atoms with Crippen LogP contribution < -0.4 is 16.6 Å². The maximum Gasteiger partial charge on any atom is 0.271 e. The van der Waals surface area contributed by atoms with Crippen LogP contribution in [0.25, 0.3) is 0 Å². The van der Waals surface area contributed by atoms with E-state index in [1.165, 1.54) is 12.4 Å². The average molecular weight is 292 g/mol. The molecule has 0 saturated carbocycles. The van der Waals surface area contributed by atoms with E-state index in [1.54, 1.807) is 12.1 Å². The molecule has 104 valence electrons. The van der Waals surface area contributed by atoms with Crippen molar-refractivity contribution in [3.8, 4) is 0 Å². The van der Waals surface area contributed by atoms with E-state index >= 15 is 0 Å². The van der Waals surface area contributed by atoms with E-state index in [0.29, 0.717) is 10.8 Å². The molecule has 6 nitrogen and oxygen atoms in total. The number of carbonyl (C=O) groups is 1. The fourth-order valence-corrected chi connectivity index (χ4v) is 1.75. The average Bonchev–Trinajstić information content (AvgIpc) is 2.48. The van der Waals surface area contributed by atoms with Crippen molar-refractivity contribution in [2.24, 2.45) is 5.84 Å². The number of carbonyl (C=O) groups excluding carboxylic acids is 1. The van der Waals surface area contributed by atoms with Crippen LogP contribution in [-0.4, -0.2) is 15.9 Å². The molecule has 1 aromatic heterocycles. The fourth-order valence-electron chi connectivity index (χ4n) is 1.63. The van der Waals surface area contributed by atoms with Gasteiger partial charge < -0.3 is 10.7 Å². The Bertz CT molecular complexity index is 585. The first-order chi connectivity index (χ1) is 9.60. The number of rotatable bonds is 4. The summed E-state index contributed by atoms with van der Waals surface area (Å²) in [4.78, 5) is 19.9. The summed E-state index contributed by atoms with van der Waals surface area (Å²) in [5, 5.41) is 3.49. The minimum Gasteiger partial charge on any atom is -0.344 e. The van der Waals surface area contributed by atoms with E-state index in [2.05, 4.69) is 20.7 Å². The van der Waals surface area contributed by atoms with Gasteiger partial charge in [-0.15, -0.1) is 0 Å². The quantitative estimate of drug-likeness (QED) is 0.591. The van der Waals surface area contributed by atoms with Crippen molar-refractivity contribution in [3.05, 3.63) is 52.9 Å². The zero-order valence-corrected chi connectivity index (χ0v) is 11.6. The second-order valence-corrected chi connectivity index (χ2v) is 4.61. The SMILES string of the molecule is CC(NC(=O)c1cnc(NN)cn1)c1ccc(Cl)cc1. The molecule has 0 bridgehead atoms. The predicted molar refractivity (Wildman–Crippen MR) is 77.2 cm³/mol. The molecule has 7 heteroatoms. The molecular formula is C13H14ClN5O. The summed E-state index contributed by atoms with van der Waals surface area (Å²) in [6, 6.07) is 7.12. The summed E-state index contributed by atoms with van der Waals surface area (Å²) in [5.74, 6) is 5.27. The highest BCUT2D eigenvalue weighted by Gasteiger charge is 2.12. The van der Waals surface area contributed by atoms with Gasteiger partial charge in [0.2, 0.25) is 0 Å². The molecule has 1 amide bonds. The van der Waals surface area contributed by atoms with Crippen LogP contribution in [-0.2, 0) is 0 Å². The second kappa shape index (κ2) is 6.31. The minimum absolute atomic E-state index is 0.158. The molecule has 20 heavy (non-hydrogen) atoms. The Kier molecular flexibility index (Phi) is 4.49. The highest BCUT2D eigenvalue weighted by molar-refractivity contribution is 6.30. The number of hydrogen-bond donors (Lipinski definition) is 3. The lowest BCUT2D eigenvalue weighted by Gasteiger charge is -2.14. The molecule has 0 aliphatic heterocycles. The Balaban J connectivity index is 2.04. The number of nitrogen functional groups attached to an aromatic ring is 1. The largest absolute Gasteiger partial charge is 0.344 e. The zero-order valence-electron chi connectivity index (χ0n) is 10.8. The number of nitrogens with one attached hydrogen (secondary N) is 2. The lowest BCUT2D eigenvalue weighted by atomic mass is 10.1. The van der Waals surface area contributed by atoms with Gasteiger partial charge in [-0.25, -0.2) is 15.8 Å². The molecule has 4 N–H and O–H groups in total. The van der Waals surface area contributed by atoms with Crippen molar-refractivity contribution >= 4 is 23.3 Å². The molecule has 2 rings (SSSR count). The third-order valence-electron chi connectivity index (χ3n) is 2.75. The lowest BCUT2D eigenvalue weighted by molar-refractivity contribution is 0.0934.